The Morgan fingerprint density at radius 3 is 2.46 bits per heavy atom. The second-order valence-electron chi connectivity index (χ2n) is 5.82. The number of nitrogens with zero attached hydrogens (tertiary/aromatic N) is 1. The van der Waals surface area contributed by atoms with Gasteiger partial charge in [-0.1, -0.05) is 17.8 Å². The molecule has 0 saturated heterocycles. The molecule has 1 aliphatic heterocycles. The number of ether oxygens (including phenoxy) is 1. The maximum absolute atomic E-state index is 12.2. The van der Waals surface area contributed by atoms with Gasteiger partial charge in [0.05, 0.1) is 11.9 Å². The van der Waals surface area contributed by atoms with E-state index < -0.39 is 16.4 Å². The third-order valence-corrected chi connectivity index (χ3v) is 5.00. The molecule has 150 valence electrons. The maximum Gasteiger partial charge on any atom is 0.573 e. The molecular formula is C17H16F3N3O3S2. The van der Waals surface area contributed by atoms with Gasteiger partial charge in [-0.05, 0) is 47.9 Å². The number of hydrogen-bond donors (Lipinski definition) is 2. The van der Waals surface area contributed by atoms with E-state index in [9.17, 15) is 21.6 Å². The zero-order valence-corrected chi connectivity index (χ0v) is 16.1. The van der Waals surface area contributed by atoms with Crippen molar-refractivity contribution >= 4 is 38.8 Å². The van der Waals surface area contributed by atoms with Crippen LogP contribution in [-0.2, 0) is 10.0 Å². The van der Waals surface area contributed by atoms with Crippen molar-refractivity contribution < 1.29 is 26.3 Å². The summed E-state index contributed by atoms with van der Waals surface area (Å²) in [5, 5.41) is 5.05. The SMILES string of the molecule is CS(=O)(=O)Nc1cccc(N2C=CSC2Nc2ccc(OC(F)(F)F)cc2)c1. The Balaban J connectivity index is 1.71. The van der Waals surface area contributed by atoms with E-state index in [1.165, 1.54) is 36.0 Å². The zero-order valence-electron chi connectivity index (χ0n) is 14.5. The number of halogens is 3. The van der Waals surface area contributed by atoms with Crippen LogP contribution in [0.4, 0.5) is 30.2 Å². The van der Waals surface area contributed by atoms with Gasteiger partial charge in [0.2, 0.25) is 10.0 Å². The smallest absolute Gasteiger partial charge is 0.406 e. The predicted molar refractivity (Wildman–Crippen MR) is 105 cm³/mol. The fourth-order valence-corrected chi connectivity index (χ4v) is 3.92. The van der Waals surface area contributed by atoms with Gasteiger partial charge in [0.1, 0.15) is 5.75 Å². The lowest BCUT2D eigenvalue weighted by Gasteiger charge is -2.27. The van der Waals surface area contributed by atoms with E-state index in [1.54, 1.807) is 18.2 Å². The number of alkyl halides is 3. The topological polar surface area (TPSA) is 70.7 Å². The van der Waals surface area contributed by atoms with Crippen molar-refractivity contribution in [3.05, 3.63) is 60.1 Å². The van der Waals surface area contributed by atoms with Gasteiger partial charge in [-0.25, -0.2) is 8.42 Å². The summed E-state index contributed by atoms with van der Waals surface area (Å²) in [6.45, 7) is 0. The lowest BCUT2D eigenvalue weighted by Crippen LogP contribution is -2.31. The van der Waals surface area contributed by atoms with Gasteiger partial charge >= 0.3 is 6.36 Å². The van der Waals surface area contributed by atoms with Crippen molar-refractivity contribution in [2.75, 3.05) is 21.2 Å². The molecule has 28 heavy (non-hydrogen) atoms. The Morgan fingerprint density at radius 2 is 1.82 bits per heavy atom. The van der Waals surface area contributed by atoms with Gasteiger partial charge in [-0.15, -0.1) is 13.2 Å². The molecule has 0 bridgehead atoms. The summed E-state index contributed by atoms with van der Waals surface area (Å²) in [5.74, 6) is -0.299. The number of hydrogen-bond acceptors (Lipinski definition) is 6. The summed E-state index contributed by atoms with van der Waals surface area (Å²) in [7, 11) is -3.40. The fraction of sp³-hybridized carbons (Fsp3) is 0.176. The molecule has 0 amide bonds. The Kier molecular flexibility index (Phi) is 5.66. The summed E-state index contributed by atoms with van der Waals surface area (Å²) in [6.07, 6.45) is -1.84. The standard InChI is InChI=1S/C17H16F3N3O3S2/c1-28(24,25)22-13-3-2-4-14(11-13)23-9-10-27-16(23)21-12-5-7-15(8-6-12)26-17(18,19)20/h2-11,16,21-22H,1H3. The number of rotatable bonds is 6. The second-order valence-corrected chi connectivity index (χ2v) is 8.56. The van der Waals surface area contributed by atoms with Crippen LogP contribution in [-0.4, -0.2) is 26.5 Å². The maximum atomic E-state index is 12.2. The molecule has 1 unspecified atom stereocenters. The predicted octanol–water partition coefficient (Wildman–Crippen LogP) is 4.38. The van der Waals surface area contributed by atoms with Gasteiger partial charge in [-0.3, -0.25) is 4.72 Å². The second kappa shape index (κ2) is 7.84. The van der Waals surface area contributed by atoms with Crippen molar-refractivity contribution in [1.82, 2.24) is 0 Å². The molecule has 2 aromatic rings. The highest BCUT2D eigenvalue weighted by molar-refractivity contribution is 8.03. The van der Waals surface area contributed by atoms with Crippen molar-refractivity contribution in [2.45, 2.75) is 11.9 Å². The minimum absolute atomic E-state index is 0.261. The fourth-order valence-electron chi connectivity index (χ4n) is 2.48. The Morgan fingerprint density at radius 1 is 1.11 bits per heavy atom. The highest BCUT2D eigenvalue weighted by Gasteiger charge is 2.31. The van der Waals surface area contributed by atoms with E-state index in [0.717, 1.165) is 11.9 Å². The number of anilines is 3. The highest BCUT2D eigenvalue weighted by Crippen LogP contribution is 2.33. The van der Waals surface area contributed by atoms with Gasteiger partial charge in [-0.2, -0.15) is 0 Å². The Hall–Kier alpha value is -2.53. The van der Waals surface area contributed by atoms with E-state index >= 15 is 0 Å². The van der Waals surface area contributed by atoms with Gasteiger partial charge < -0.3 is 15.0 Å². The van der Waals surface area contributed by atoms with Gasteiger partial charge in [0.25, 0.3) is 0 Å². The van der Waals surface area contributed by atoms with Gasteiger partial charge in [0.15, 0.2) is 5.50 Å². The van der Waals surface area contributed by atoms with Crippen LogP contribution in [0.25, 0.3) is 0 Å². The summed E-state index contributed by atoms with van der Waals surface area (Å²) >= 11 is 1.46. The third kappa shape index (κ3) is 5.73. The average Bonchev–Trinajstić information content (AvgIpc) is 3.02. The van der Waals surface area contributed by atoms with E-state index in [1.807, 2.05) is 22.6 Å². The van der Waals surface area contributed by atoms with E-state index in [4.69, 9.17) is 0 Å². The third-order valence-electron chi connectivity index (χ3n) is 3.51. The number of nitrogens with one attached hydrogen (secondary N) is 2. The highest BCUT2D eigenvalue weighted by atomic mass is 32.2. The number of sulfonamides is 1. The first-order valence-corrected chi connectivity index (χ1v) is 10.7. The van der Waals surface area contributed by atoms with Crippen LogP contribution >= 0.6 is 11.8 Å². The molecule has 0 aliphatic carbocycles. The van der Waals surface area contributed by atoms with Crippen molar-refractivity contribution in [2.24, 2.45) is 0 Å². The molecule has 1 heterocycles. The summed E-state index contributed by atoms with van der Waals surface area (Å²) in [5.41, 5.74) is 1.51. The molecule has 11 heteroatoms. The normalized spacial score (nSPS) is 16.9. The monoisotopic (exact) mass is 431 g/mol. The van der Waals surface area contributed by atoms with E-state index in [-0.39, 0.29) is 11.2 Å². The number of thioether (sulfide) groups is 1. The van der Waals surface area contributed by atoms with E-state index in [0.29, 0.717) is 11.4 Å². The van der Waals surface area contributed by atoms with Crippen molar-refractivity contribution in [3.8, 4) is 5.75 Å². The molecule has 3 rings (SSSR count). The molecule has 0 fully saturated rings. The minimum atomic E-state index is -4.73. The lowest BCUT2D eigenvalue weighted by atomic mass is 10.2. The van der Waals surface area contributed by atoms with Crippen LogP contribution in [0.3, 0.4) is 0 Å². The van der Waals surface area contributed by atoms with Crippen molar-refractivity contribution in [1.29, 1.82) is 0 Å². The molecule has 1 atom stereocenters. The Bertz CT molecular complexity index is 964. The summed E-state index contributed by atoms with van der Waals surface area (Å²) in [6, 6.07) is 12.3. The molecule has 1 aliphatic rings. The summed E-state index contributed by atoms with van der Waals surface area (Å²) < 4.78 is 65.9. The van der Waals surface area contributed by atoms with Crippen LogP contribution in [0.1, 0.15) is 0 Å². The first kappa shape index (κ1) is 20.2. The average molecular weight is 431 g/mol. The molecule has 0 saturated carbocycles. The van der Waals surface area contributed by atoms with Crippen LogP contribution in [0.15, 0.2) is 60.1 Å². The Labute approximate surface area is 164 Å². The first-order chi connectivity index (χ1) is 13.1. The molecular weight excluding hydrogens is 415 g/mol. The quantitative estimate of drug-likeness (QED) is 0.708. The molecule has 0 radical (unpaired) electrons. The first-order valence-electron chi connectivity index (χ1n) is 7.90. The van der Waals surface area contributed by atoms with Gasteiger partial charge in [0, 0.05) is 17.6 Å². The molecule has 0 aromatic heterocycles. The van der Waals surface area contributed by atoms with Crippen LogP contribution in [0, 0.1) is 0 Å². The number of benzene rings is 2. The molecule has 6 nitrogen and oxygen atoms in total. The summed E-state index contributed by atoms with van der Waals surface area (Å²) in [4.78, 5) is 1.87. The minimum Gasteiger partial charge on any atom is -0.406 e. The lowest BCUT2D eigenvalue weighted by molar-refractivity contribution is -0.274. The van der Waals surface area contributed by atoms with E-state index in [2.05, 4.69) is 14.8 Å². The molecule has 2 aromatic carbocycles. The van der Waals surface area contributed by atoms with Crippen LogP contribution < -0.4 is 19.7 Å². The van der Waals surface area contributed by atoms with Crippen LogP contribution in [0.2, 0.25) is 0 Å². The van der Waals surface area contributed by atoms with Crippen LogP contribution in [0.5, 0.6) is 5.75 Å². The van der Waals surface area contributed by atoms with Crippen molar-refractivity contribution in [3.63, 3.8) is 0 Å². The largest absolute Gasteiger partial charge is 0.573 e. The molecule has 2 N–H and O–H groups in total. The molecule has 0 spiro atoms. The zero-order chi connectivity index (χ0) is 20.4.